The molecule has 2 rings (SSSR count). The molecule has 0 spiro atoms. The number of pyridine rings is 1. The van der Waals surface area contributed by atoms with Crippen molar-refractivity contribution in [3.63, 3.8) is 0 Å². The maximum absolute atomic E-state index is 12.1. The van der Waals surface area contributed by atoms with Crippen molar-refractivity contribution in [2.45, 2.75) is 19.9 Å². The number of hydrogen-bond donors (Lipinski definition) is 2. The van der Waals surface area contributed by atoms with Gasteiger partial charge < -0.3 is 15.4 Å². The van der Waals surface area contributed by atoms with E-state index >= 15 is 0 Å². The van der Waals surface area contributed by atoms with Crippen molar-refractivity contribution in [1.29, 1.82) is 0 Å². The zero-order chi connectivity index (χ0) is 13.0. The highest BCUT2D eigenvalue weighted by Gasteiger charge is 2.35. The second-order valence-electron chi connectivity index (χ2n) is 4.84. The highest BCUT2D eigenvalue weighted by Crippen LogP contribution is 2.24. The lowest BCUT2D eigenvalue weighted by atomic mass is 9.89. The molecule has 0 saturated carbocycles. The van der Waals surface area contributed by atoms with E-state index in [1.807, 2.05) is 19.1 Å². The fraction of sp³-hybridized carbons (Fsp3) is 0.538. The number of amides is 1. The molecule has 1 aromatic heterocycles. The Morgan fingerprint density at radius 1 is 1.67 bits per heavy atom. The molecule has 2 heterocycles. The Kier molecular flexibility index (Phi) is 3.81. The van der Waals surface area contributed by atoms with E-state index in [1.54, 1.807) is 13.3 Å². The van der Waals surface area contributed by atoms with Gasteiger partial charge in [-0.15, -0.1) is 0 Å². The van der Waals surface area contributed by atoms with Crippen LogP contribution in [0.1, 0.15) is 18.9 Å². The Morgan fingerprint density at radius 2 is 2.50 bits per heavy atom. The van der Waals surface area contributed by atoms with Gasteiger partial charge in [0, 0.05) is 24.8 Å². The van der Waals surface area contributed by atoms with Gasteiger partial charge in [-0.1, -0.05) is 6.07 Å². The van der Waals surface area contributed by atoms with Gasteiger partial charge in [-0.25, -0.2) is 4.98 Å². The summed E-state index contributed by atoms with van der Waals surface area (Å²) < 4.78 is 5.15. The molecule has 1 aliphatic heterocycles. The van der Waals surface area contributed by atoms with Crippen molar-refractivity contribution in [2.75, 3.05) is 20.2 Å². The lowest BCUT2D eigenvalue weighted by molar-refractivity contribution is -0.129. The number of rotatable bonds is 4. The first-order valence-corrected chi connectivity index (χ1v) is 6.12. The van der Waals surface area contributed by atoms with Crippen LogP contribution in [-0.2, 0) is 11.3 Å². The second-order valence-corrected chi connectivity index (χ2v) is 4.84. The molecule has 0 radical (unpaired) electrons. The van der Waals surface area contributed by atoms with Gasteiger partial charge in [0.15, 0.2) is 0 Å². The fourth-order valence-corrected chi connectivity index (χ4v) is 2.14. The van der Waals surface area contributed by atoms with Crippen LogP contribution in [-0.4, -0.2) is 31.1 Å². The summed E-state index contributed by atoms with van der Waals surface area (Å²) in [7, 11) is 1.58. The zero-order valence-corrected chi connectivity index (χ0v) is 10.8. The first-order chi connectivity index (χ1) is 8.65. The monoisotopic (exact) mass is 249 g/mol. The largest absolute Gasteiger partial charge is 0.481 e. The number of methoxy groups -OCH3 is 1. The van der Waals surface area contributed by atoms with Crippen LogP contribution in [0.2, 0.25) is 0 Å². The number of nitrogens with one attached hydrogen (secondary N) is 2. The van der Waals surface area contributed by atoms with E-state index in [0.29, 0.717) is 12.4 Å². The van der Waals surface area contributed by atoms with Gasteiger partial charge in [0.25, 0.3) is 0 Å². The van der Waals surface area contributed by atoms with Crippen molar-refractivity contribution < 1.29 is 9.53 Å². The molecule has 0 aromatic carbocycles. The highest BCUT2D eigenvalue weighted by molar-refractivity contribution is 5.82. The third kappa shape index (κ3) is 2.61. The molecule has 2 N–H and O–H groups in total. The number of aromatic nitrogens is 1. The number of carbonyl (C=O) groups excluding carboxylic acids is 1. The summed E-state index contributed by atoms with van der Waals surface area (Å²) in [6, 6.07) is 3.74. The fourth-order valence-electron chi connectivity index (χ4n) is 2.14. The number of carbonyl (C=O) groups is 1. The Hall–Kier alpha value is -1.62. The van der Waals surface area contributed by atoms with Crippen LogP contribution in [0.5, 0.6) is 5.88 Å². The maximum Gasteiger partial charge on any atom is 0.227 e. The molecule has 1 aromatic rings. The summed E-state index contributed by atoms with van der Waals surface area (Å²) in [6.45, 7) is 4.08. The van der Waals surface area contributed by atoms with Crippen LogP contribution < -0.4 is 15.4 Å². The minimum atomic E-state index is -0.296. The molecule has 5 nitrogen and oxygen atoms in total. The lowest BCUT2D eigenvalue weighted by Crippen LogP contribution is -2.40. The molecule has 1 atom stereocenters. The van der Waals surface area contributed by atoms with Crippen LogP contribution in [0.15, 0.2) is 18.3 Å². The van der Waals surface area contributed by atoms with E-state index in [4.69, 9.17) is 4.74 Å². The van der Waals surface area contributed by atoms with Gasteiger partial charge in [0.2, 0.25) is 11.8 Å². The smallest absolute Gasteiger partial charge is 0.227 e. The molecule has 0 aliphatic carbocycles. The van der Waals surface area contributed by atoms with Gasteiger partial charge in [-0.2, -0.15) is 0 Å². The first kappa shape index (κ1) is 12.8. The molecule has 1 fully saturated rings. The topological polar surface area (TPSA) is 63.2 Å². The average molecular weight is 249 g/mol. The normalized spacial score (nSPS) is 22.8. The Balaban J connectivity index is 1.97. The molecule has 98 valence electrons. The number of ether oxygens (including phenoxy) is 1. The van der Waals surface area contributed by atoms with Gasteiger partial charge >= 0.3 is 0 Å². The van der Waals surface area contributed by atoms with E-state index in [2.05, 4.69) is 15.6 Å². The van der Waals surface area contributed by atoms with E-state index in [0.717, 1.165) is 25.1 Å². The molecule has 1 aliphatic rings. The van der Waals surface area contributed by atoms with Crippen LogP contribution >= 0.6 is 0 Å². The maximum atomic E-state index is 12.1. The predicted molar refractivity (Wildman–Crippen MR) is 68.2 cm³/mol. The zero-order valence-electron chi connectivity index (χ0n) is 10.8. The minimum Gasteiger partial charge on any atom is -0.481 e. The second kappa shape index (κ2) is 5.35. The molecule has 1 saturated heterocycles. The van der Waals surface area contributed by atoms with Crippen LogP contribution in [0.3, 0.4) is 0 Å². The minimum absolute atomic E-state index is 0.0819. The van der Waals surface area contributed by atoms with Crippen LogP contribution in [0, 0.1) is 5.41 Å². The number of hydrogen-bond acceptors (Lipinski definition) is 4. The van der Waals surface area contributed by atoms with Crippen molar-refractivity contribution >= 4 is 5.91 Å². The predicted octanol–water partition coefficient (Wildman–Crippen LogP) is 0.706. The molecule has 18 heavy (non-hydrogen) atoms. The summed E-state index contributed by atoms with van der Waals surface area (Å²) >= 11 is 0. The van der Waals surface area contributed by atoms with Gasteiger partial charge in [-0.05, 0) is 26.0 Å². The standard InChI is InChI=1S/C13H19N3O2/c1-13(5-7-14-9-13)12(17)16-8-10-4-3-6-15-11(10)18-2/h3-4,6,14H,5,7-9H2,1-2H3,(H,16,17). The van der Waals surface area contributed by atoms with Gasteiger partial charge in [0.1, 0.15) is 0 Å². The average Bonchev–Trinajstić information content (AvgIpc) is 2.84. The van der Waals surface area contributed by atoms with Gasteiger partial charge in [-0.3, -0.25) is 4.79 Å². The van der Waals surface area contributed by atoms with E-state index < -0.39 is 0 Å². The van der Waals surface area contributed by atoms with E-state index in [9.17, 15) is 4.79 Å². The number of nitrogens with zero attached hydrogens (tertiary/aromatic N) is 1. The molecule has 5 heteroatoms. The Bertz CT molecular complexity index is 428. The van der Waals surface area contributed by atoms with E-state index in [1.165, 1.54) is 0 Å². The summed E-state index contributed by atoms with van der Waals surface area (Å²) in [6.07, 6.45) is 2.55. The third-order valence-corrected chi connectivity index (χ3v) is 3.40. The lowest BCUT2D eigenvalue weighted by Gasteiger charge is -2.21. The SMILES string of the molecule is COc1ncccc1CNC(=O)C1(C)CCNC1. The van der Waals surface area contributed by atoms with Crippen LogP contribution in [0.25, 0.3) is 0 Å². The summed E-state index contributed by atoms with van der Waals surface area (Å²) in [5.41, 5.74) is 0.595. The molecular weight excluding hydrogens is 230 g/mol. The summed E-state index contributed by atoms with van der Waals surface area (Å²) in [5, 5.41) is 6.17. The van der Waals surface area contributed by atoms with Gasteiger partial charge in [0.05, 0.1) is 12.5 Å². The van der Waals surface area contributed by atoms with Crippen LogP contribution in [0.4, 0.5) is 0 Å². The van der Waals surface area contributed by atoms with Crippen molar-refractivity contribution in [3.05, 3.63) is 23.9 Å². The molecule has 1 amide bonds. The highest BCUT2D eigenvalue weighted by atomic mass is 16.5. The van der Waals surface area contributed by atoms with Crippen molar-refractivity contribution in [1.82, 2.24) is 15.6 Å². The Labute approximate surface area is 107 Å². The summed E-state index contributed by atoms with van der Waals surface area (Å²) in [5.74, 6) is 0.644. The molecular formula is C13H19N3O2. The quantitative estimate of drug-likeness (QED) is 0.825. The van der Waals surface area contributed by atoms with E-state index in [-0.39, 0.29) is 11.3 Å². The molecule has 0 bridgehead atoms. The summed E-state index contributed by atoms with van der Waals surface area (Å²) in [4.78, 5) is 16.2. The third-order valence-electron chi connectivity index (χ3n) is 3.40. The first-order valence-electron chi connectivity index (χ1n) is 6.12. The van der Waals surface area contributed by atoms with Crippen molar-refractivity contribution in [2.24, 2.45) is 5.41 Å². The van der Waals surface area contributed by atoms with Crippen molar-refractivity contribution in [3.8, 4) is 5.88 Å². The molecule has 1 unspecified atom stereocenters. The Morgan fingerprint density at radius 3 is 3.17 bits per heavy atom.